The summed E-state index contributed by atoms with van der Waals surface area (Å²) in [4.78, 5) is 14.0. The molecular weight excluding hydrogens is 298 g/mol. The van der Waals surface area contributed by atoms with E-state index < -0.39 is 5.60 Å². The molecule has 2 heterocycles. The van der Waals surface area contributed by atoms with Gasteiger partial charge in [-0.05, 0) is 27.7 Å². The first-order chi connectivity index (χ1) is 8.22. The Morgan fingerprint density at radius 1 is 1.50 bits per heavy atom. The minimum absolute atomic E-state index is 0.162. The molecule has 0 aromatic heterocycles. The van der Waals surface area contributed by atoms with Gasteiger partial charge in [-0.3, -0.25) is 5.01 Å². The van der Waals surface area contributed by atoms with Crippen LogP contribution in [0.25, 0.3) is 0 Å². The van der Waals surface area contributed by atoms with Gasteiger partial charge in [0.1, 0.15) is 5.60 Å². The van der Waals surface area contributed by atoms with Gasteiger partial charge in [0, 0.05) is 12.8 Å². The Morgan fingerprint density at radius 2 is 2.17 bits per heavy atom. The molecule has 1 amide bonds. The Labute approximate surface area is 116 Å². The van der Waals surface area contributed by atoms with Crippen molar-refractivity contribution in [2.24, 2.45) is 5.10 Å². The Hall–Kier alpha value is -0.780. The summed E-state index contributed by atoms with van der Waals surface area (Å²) in [6.45, 7) is 9.78. The van der Waals surface area contributed by atoms with Crippen LogP contribution in [-0.4, -0.2) is 57.8 Å². The number of nitrogens with zero attached hydrogens (tertiary/aromatic N) is 3. The molecule has 2 atom stereocenters. The number of piperazine rings is 1. The Kier molecular flexibility index (Phi) is 3.34. The zero-order valence-corrected chi connectivity index (χ0v) is 12.9. The van der Waals surface area contributed by atoms with Gasteiger partial charge in [-0.25, -0.2) is 4.79 Å². The largest absolute Gasteiger partial charge is 0.444 e. The van der Waals surface area contributed by atoms with Crippen LogP contribution in [0.1, 0.15) is 27.7 Å². The van der Waals surface area contributed by atoms with E-state index in [0.717, 1.165) is 6.54 Å². The third-order valence-electron chi connectivity index (χ3n) is 3.27. The van der Waals surface area contributed by atoms with Crippen LogP contribution in [-0.2, 0) is 4.74 Å². The van der Waals surface area contributed by atoms with E-state index >= 15 is 0 Å². The summed E-state index contributed by atoms with van der Waals surface area (Å²) < 4.78 is 5.42. The minimum Gasteiger partial charge on any atom is -0.444 e. The molecular formula is C12H20BrN3O2. The highest BCUT2D eigenvalue weighted by atomic mass is 79.9. The number of halogens is 1. The summed E-state index contributed by atoms with van der Waals surface area (Å²) in [5.41, 5.74) is -0.621. The van der Waals surface area contributed by atoms with E-state index in [4.69, 9.17) is 4.74 Å². The van der Waals surface area contributed by atoms with Crippen LogP contribution in [0.2, 0.25) is 0 Å². The normalized spacial score (nSPS) is 31.5. The fourth-order valence-electron chi connectivity index (χ4n) is 2.22. The number of hydrazone groups is 1. The van der Waals surface area contributed by atoms with Gasteiger partial charge in [0.15, 0.2) is 0 Å². The molecule has 2 aliphatic heterocycles. The Morgan fingerprint density at radius 3 is 2.78 bits per heavy atom. The molecule has 18 heavy (non-hydrogen) atoms. The smallest absolute Gasteiger partial charge is 0.410 e. The van der Waals surface area contributed by atoms with E-state index in [1.54, 1.807) is 4.90 Å². The fourth-order valence-corrected chi connectivity index (χ4v) is 2.71. The Balaban J connectivity index is 2.04. The number of carbonyl (C=O) groups excluding carboxylic acids is 1. The van der Waals surface area contributed by atoms with E-state index in [0.29, 0.717) is 13.1 Å². The average Bonchev–Trinajstić information content (AvgIpc) is 2.52. The van der Waals surface area contributed by atoms with E-state index in [1.807, 2.05) is 32.0 Å². The SMILES string of the molecule is CC(C)(C)OC(=O)N1CCN2N=CC(Br)C2(C)C1. The summed E-state index contributed by atoms with van der Waals surface area (Å²) in [5, 5.41) is 6.41. The molecule has 0 aromatic carbocycles. The maximum absolute atomic E-state index is 12.1. The monoisotopic (exact) mass is 317 g/mol. The van der Waals surface area contributed by atoms with Crippen LogP contribution in [0.3, 0.4) is 0 Å². The molecule has 0 aliphatic carbocycles. The number of fused-ring (bicyclic) bond motifs is 1. The number of ether oxygens (including phenoxy) is 1. The van der Waals surface area contributed by atoms with Crippen LogP contribution < -0.4 is 0 Å². The molecule has 1 saturated heterocycles. The number of rotatable bonds is 0. The van der Waals surface area contributed by atoms with Crippen molar-refractivity contribution >= 4 is 28.2 Å². The maximum atomic E-state index is 12.1. The summed E-state index contributed by atoms with van der Waals surface area (Å²) in [6.07, 6.45) is 1.65. The first kappa shape index (κ1) is 13.6. The molecule has 2 rings (SSSR count). The first-order valence-corrected chi connectivity index (χ1v) is 7.08. The van der Waals surface area contributed by atoms with Gasteiger partial charge in [-0.2, -0.15) is 5.10 Å². The van der Waals surface area contributed by atoms with Gasteiger partial charge in [0.05, 0.1) is 23.5 Å². The summed E-state index contributed by atoms with van der Waals surface area (Å²) in [6, 6.07) is 0. The van der Waals surface area contributed by atoms with Crippen molar-refractivity contribution in [1.29, 1.82) is 0 Å². The molecule has 1 fully saturated rings. The van der Waals surface area contributed by atoms with Crippen LogP contribution in [0.5, 0.6) is 0 Å². The highest BCUT2D eigenvalue weighted by molar-refractivity contribution is 9.10. The molecule has 2 aliphatic rings. The lowest BCUT2D eigenvalue weighted by Crippen LogP contribution is -2.61. The van der Waals surface area contributed by atoms with Crippen molar-refractivity contribution in [2.75, 3.05) is 19.6 Å². The quantitative estimate of drug-likeness (QED) is 0.642. The molecule has 102 valence electrons. The molecule has 0 N–H and O–H groups in total. The lowest BCUT2D eigenvalue weighted by atomic mass is 9.96. The maximum Gasteiger partial charge on any atom is 0.410 e. The van der Waals surface area contributed by atoms with E-state index in [-0.39, 0.29) is 16.5 Å². The first-order valence-electron chi connectivity index (χ1n) is 6.16. The van der Waals surface area contributed by atoms with Gasteiger partial charge in [-0.1, -0.05) is 15.9 Å². The Bertz CT molecular complexity index is 380. The van der Waals surface area contributed by atoms with Gasteiger partial charge in [0.2, 0.25) is 0 Å². The molecule has 0 aromatic rings. The highest BCUT2D eigenvalue weighted by Crippen LogP contribution is 2.33. The standard InChI is InChI=1S/C12H20BrN3O2/c1-11(2,3)18-10(17)15-5-6-16-12(4,8-15)9(13)7-14-16/h7,9H,5-6,8H2,1-4H3. The summed E-state index contributed by atoms with van der Waals surface area (Å²) in [7, 11) is 0. The second-order valence-corrected chi connectivity index (χ2v) is 7.04. The van der Waals surface area contributed by atoms with Crippen LogP contribution >= 0.6 is 15.9 Å². The average molecular weight is 318 g/mol. The van der Waals surface area contributed by atoms with Crippen molar-refractivity contribution in [1.82, 2.24) is 9.91 Å². The summed E-state index contributed by atoms with van der Waals surface area (Å²) >= 11 is 3.60. The zero-order valence-electron chi connectivity index (χ0n) is 11.3. The molecule has 2 unspecified atom stereocenters. The van der Waals surface area contributed by atoms with Crippen molar-refractivity contribution < 1.29 is 9.53 Å². The molecule has 6 heteroatoms. The van der Waals surface area contributed by atoms with Gasteiger partial charge < -0.3 is 9.64 Å². The van der Waals surface area contributed by atoms with E-state index in [1.165, 1.54) is 0 Å². The molecule has 0 radical (unpaired) electrons. The number of carbonyl (C=O) groups is 1. The topological polar surface area (TPSA) is 45.1 Å². The zero-order chi connectivity index (χ0) is 13.6. The number of hydrogen-bond donors (Lipinski definition) is 0. The second kappa shape index (κ2) is 4.40. The van der Waals surface area contributed by atoms with Gasteiger partial charge in [-0.15, -0.1) is 0 Å². The molecule has 0 bridgehead atoms. The van der Waals surface area contributed by atoms with Crippen molar-refractivity contribution in [3.8, 4) is 0 Å². The lowest BCUT2D eigenvalue weighted by Gasteiger charge is -2.45. The highest BCUT2D eigenvalue weighted by Gasteiger charge is 2.47. The molecule has 0 spiro atoms. The van der Waals surface area contributed by atoms with Crippen LogP contribution in [0, 0.1) is 0 Å². The third kappa shape index (κ3) is 2.48. The predicted octanol–water partition coefficient (Wildman–Crippen LogP) is 2.06. The van der Waals surface area contributed by atoms with Crippen molar-refractivity contribution in [2.45, 2.75) is 43.7 Å². The van der Waals surface area contributed by atoms with Gasteiger partial charge >= 0.3 is 6.09 Å². The number of hydrogen-bond acceptors (Lipinski definition) is 4. The third-order valence-corrected chi connectivity index (χ3v) is 4.49. The fraction of sp³-hybridized carbons (Fsp3) is 0.833. The van der Waals surface area contributed by atoms with Crippen molar-refractivity contribution in [3.05, 3.63) is 0 Å². The van der Waals surface area contributed by atoms with Crippen molar-refractivity contribution in [3.63, 3.8) is 0 Å². The van der Waals surface area contributed by atoms with E-state index in [2.05, 4.69) is 28.0 Å². The van der Waals surface area contributed by atoms with E-state index in [9.17, 15) is 4.79 Å². The lowest BCUT2D eigenvalue weighted by molar-refractivity contribution is -0.0108. The molecule has 5 nitrogen and oxygen atoms in total. The number of amides is 1. The minimum atomic E-state index is -0.449. The molecule has 0 saturated carbocycles. The summed E-state index contributed by atoms with van der Waals surface area (Å²) in [5.74, 6) is 0. The van der Waals surface area contributed by atoms with Crippen LogP contribution in [0.4, 0.5) is 4.79 Å². The number of alkyl halides is 1. The second-order valence-electron chi connectivity index (χ2n) is 6.05. The van der Waals surface area contributed by atoms with Gasteiger partial charge in [0.25, 0.3) is 0 Å². The van der Waals surface area contributed by atoms with Crippen LogP contribution in [0.15, 0.2) is 5.10 Å². The predicted molar refractivity (Wildman–Crippen MR) is 74.1 cm³/mol.